The lowest BCUT2D eigenvalue weighted by molar-refractivity contribution is 0.286. The van der Waals surface area contributed by atoms with Crippen molar-refractivity contribution in [2.45, 2.75) is 25.4 Å². The van der Waals surface area contributed by atoms with Gasteiger partial charge < -0.3 is 0 Å². The Bertz CT molecular complexity index is 674. The van der Waals surface area contributed by atoms with Crippen LogP contribution in [0.15, 0.2) is 66.9 Å². The number of benzene rings is 1. The van der Waals surface area contributed by atoms with E-state index in [9.17, 15) is 0 Å². The van der Waals surface area contributed by atoms with Crippen molar-refractivity contribution in [3.8, 4) is 11.3 Å². The molecule has 0 bridgehead atoms. The van der Waals surface area contributed by atoms with Gasteiger partial charge in [0.15, 0.2) is 5.67 Å². The van der Waals surface area contributed by atoms with Crippen LogP contribution in [0.1, 0.15) is 25.0 Å². The smallest absolute Gasteiger partial charge is 0.176 e. The zero-order valence-corrected chi connectivity index (χ0v) is 13.6. The third-order valence-corrected chi connectivity index (χ3v) is 3.91. The molecule has 0 spiro atoms. The van der Waals surface area contributed by atoms with Gasteiger partial charge >= 0.3 is 0 Å². The van der Waals surface area contributed by atoms with E-state index in [4.69, 9.17) is 11.6 Å². The summed E-state index contributed by atoms with van der Waals surface area (Å²) in [7, 11) is 0. The lowest BCUT2D eigenvalue weighted by Gasteiger charge is -2.22. The summed E-state index contributed by atoms with van der Waals surface area (Å²) >= 11 is 5.78. The van der Waals surface area contributed by atoms with Crippen molar-refractivity contribution in [3.63, 3.8) is 0 Å². The normalized spacial score (nSPS) is 14.0. The minimum absolute atomic E-state index is 0.437. The minimum Gasteiger partial charge on any atom is -0.256 e. The first-order valence-electron chi connectivity index (χ1n) is 7.12. The SMILES string of the molecule is C=C(C)C(F)(/C=C/C)c1ccc(-c2ccc(CCl)cc2)nc1. The van der Waals surface area contributed by atoms with Crippen LogP contribution in [-0.2, 0) is 11.5 Å². The summed E-state index contributed by atoms with van der Waals surface area (Å²) in [6, 6.07) is 11.4. The predicted octanol–water partition coefficient (Wildman–Crippen LogP) is 5.80. The number of alkyl halides is 2. The van der Waals surface area contributed by atoms with Crippen LogP contribution in [0.25, 0.3) is 11.3 Å². The molecule has 3 heteroatoms. The molecular formula is C19H19ClFN. The third-order valence-electron chi connectivity index (χ3n) is 3.61. The van der Waals surface area contributed by atoms with Crippen molar-refractivity contribution in [1.29, 1.82) is 0 Å². The van der Waals surface area contributed by atoms with Gasteiger partial charge in [0.05, 0.1) is 5.69 Å². The largest absolute Gasteiger partial charge is 0.256 e. The summed E-state index contributed by atoms with van der Waals surface area (Å²) < 4.78 is 15.0. The van der Waals surface area contributed by atoms with Gasteiger partial charge in [-0.25, -0.2) is 4.39 Å². The quantitative estimate of drug-likeness (QED) is 0.501. The van der Waals surface area contributed by atoms with Gasteiger partial charge in [-0.2, -0.15) is 0 Å². The molecular weight excluding hydrogens is 297 g/mol. The molecule has 1 heterocycles. The number of halogens is 2. The second-order valence-electron chi connectivity index (χ2n) is 5.25. The molecule has 2 rings (SSSR count). The second kappa shape index (κ2) is 6.89. The number of nitrogens with zero attached hydrogens (tertiary/aromatic N) is 1. The van der Waals surface area contributed by atoms with E-state index in [-0.39, 0.29) is 0 Å². The van der Waals surface area contributed by atoms with E-state index in [0.29, 0.717) is 17.0 Å². The highest BCUT2D eigenvalue weighted by molar-refractivity contribution is 6.17. The van der Waals surface area contributed by atoms with Gasteiger partial charge in [0, 0.05) is 23.2 Å². The summed E-state index contributed by atoms with van der Waals surface area (Å²) in [4.78, 5) is 4.39. The monoisotopic (exact) mass is 315 g/mol. The van der Waals surface area contributed by atoms with Crippen LogP contribution in [-0.4, -0.2) is 4.98 Å². The van der Waals surface area contributed by atoms with Crippen molar-refractivity contribution in [2.75, 3.05) is 0 Å². The molecule has 1 atom stereocenters. The molecule has 2 aromatic rings. The molecule has 1 unspecified atom stereocenters. The summed E-state index contributed by atoms with van der Waals surface area (Å²) in [5.41, 5.74) is 2.08. The van der Waals surface area contributed by atoms with Gasteiger partial charge in [-0.15, -0.1) is 11.6 Å². The molecule has 1 aromatic heterocycles. The Hall–Kier alpha value is -1.93. The average Bonchev–Trinajstić information content (AvgIpc) is 2.55. The Labute approximate surface area is 136 Å². The molecule has 0 aliphatic heterocycles. The Balaban J connectivity index is 2.35. The number of aromatic nitrogens is 1. The van der Waals surface area contributed by atoms with Gasteiger partial charge in [-0.05, 0) is 37.1 Å². The van der Waals surface area contributed by atoms with Crippen LogP contribution in [0, 0.1) is 0 Å². The zero-order valence-electron chi connectivity index (χ0n) is 12.8. The fourth-order valence-corrected chi connectivity index (χ4v) is 2.44. The number of rotatable bonds is 5. The third kappa shape index (κ3) is 3.28. The van der Waals surface area contributed by atoms with Crippen molar-refractivity contribution in [3.05, 3.63) is 78.0 Å². The maximum atomic E-state index is 15.0. The van der Waals surface area contributed by atoms with Crippen molar-refractivity contribution in [2.24, 2.45) is 0 Å². The molecule has 0 saturated carbocycles. The number of pyridine rings is 1. The molecule has 0 saturated heterocycles. The lowest BCUT2D eigenvalue weighted by Crippen LogP contribution is -2.18. The van der Waals surface area contributed by atoms with Crippen LogP contribution >= 0.6 is 11.6 Å². The summed E-state index contributed by atoms with van der Waals surface area (Å²) in [6.45, 7) is 7.22. The average molecular weight is 316 g/mol. The van der Waals surface area contributed by atoms with Crippen LogP contribution < -0.4 is 0 Å². The fourth-order valence-electron chi connectivity index (χ4n) is 2.26. The number of hydrogen-bond donors (Lipinski definition) is 0. The van der Waals surface area contributed by atoms with Crippen molar-refractivity contribution in [1.82, 2.24) is 4.98 Å². The molecule has 0 N–H and O–H groups in total. The molecule has 1 aromatic carbocycles. The van der Waals surface area contributed by atoms with E-state index in [1.165, 1.54) is 6.08 Å². The minimum atomic E-state index is -1.68. The first-order valence-corrected chi connectivity index (χ1v) is 7.65. The molecule has 0 radical (unpaired) electrons. The predicted molar refractivity (Wildman–Crippen MR) is 91.6 cm³/mol. The van der Waals surface area contributed by atoms with Gasteiger partial charge in [-0.3, -0.25) is 4.98 Å². The second-order valence-corrected chi connectivity index (χ2v) is 5.52. The van der Waals surface area contributed by atoms with Crippen LogP contribution in [0.2, 0.25) is 0 Å². The molecule has 0 aliphatic rings. The van der Waals surface area contributed by atoms with Gasteiger partial charge in [0.25, 0.3) is 0 Å². The van der Waals surface area contributed by atoms with E-state index in [2.05, 4.69) is 11.6 Å². The maximum Gasteiger partial charge on any atom is 0.176 e. The van der Waals surface area contributed by atoms with Crippen molar-refractivity contribution < 1.29 is 4.39 Å². The topological polar surface area (TPSA) is 12.9 Å². The van der Waals surface area contributed by atoms with Gasteiger partial charge in [0.2, 0.25) is 0 Å². The molecule has 0 fully saturated rings. The zero-order chi connectivity index (χ0) is 16.2. The van der Waals surface area contributed by atoms with Crippen LogP contribution in [0.3, 0.4) is 0 Å². The molecule has 22 heavy (non-hydrogen) atoms. The maximum absolute atomic E-state index is 15.0. The van der Waals surface area contributed by atoms with Gasteiger partial charge in [0.1, 0.15) is 0 Å². The Morgan fingerprint density at radius 2 is 1.95 bits per heavy atom. The first kappa shape index (κ1) is 16.4. The van der Waals surface area contributed by atoms with E-state index < -0.39 is 5.67 Å². The molecule has 1 nitrogen and oxygen atoms in total. The summed E-state index contributed by atoms with van der Waals surface area (Å²) in [6.07, 6.45) is 4.76. The van der Waals surface area contributed by atoms with Crippen LogP contribution in [0.5, 0.6) is 0 Å². The summed E-state index contributed by atoms with van der Waals surface area (Å²) in [5.74, 6) is 0.485. The Morgan fingerprint density at radius 1 is 1.27 bits per heavy atom. The van der Waals surface area contributed by atoms with Crippen molar-refractivity contribution >= 4 is 11.6 Å². The molecule has 0 amide bonds. The Morgan fingerprint density at radius 3 is 2.41 bits per heavy atom. The number of allylic oxidation sites excluding steroid dienone is 3. The highest BCUT2D eigenvalue weighted by Gasteiger charge is 2.30. The Kier molecular flexibility index (Phi) is 5.15. The lowest BCUT2D eigenvalue weighted by atomic mass is 9.90. The summed E-state index contributed by atoms with van der Waals surface area (Å²) in [5, 5.41) is 0. The molecule has 0 aliphatic carbocycles. The fraction of sp³-hybridized carbons (Fsp3) is 0.211. The highest BCUT2D eigenvalue weighted by Crippen LogP contribution is 2.34. The van der Waals surface area contributed by atoms with Gasteiger partial charge in [-0.1, -0.05) is 43.0 Å². The highest BCUT2D eigenvalue weighted by atomic mass is 35.5. The molecule has 114 valence electrons. The standard InChI is InChI=1S/C19H19ClFN/c1-4-11-19(21,14(2)3)17-9-10-18(22-13-17)16-7-5-15(12-20)6-8-16/h4-11,13H,2,12H2,1,3H3/b11-4+. The van der Waals surface area contributed by atoms with E-state index >= 15 is 4.39 Å². The first-order chi connectivity index (χ1) is 10.5. The van der Waals surface area contributed by atoms with Crippen LogP contribution in [0.4, 0.5) is 4.39 Å². The number of hydrogen-bond acceptors (Lipinski definition) is 1. The van der Waals surface area contributed by atoms with E-state index in [1.807, 2.05) is 30.3 Å². The van der Waals surface area contributed by atoms with E-state index in [1.54, 1.807) is 32.2 Å². The van der Waals surface area contributed by atoms with E-state index in [0.717, 1.165) is 16.8 Å².